The highest BCUT2D eigenvalue weighted by Gasteiger charge is 2.71. The van der Waals surface area contributed by atoms with Crippen molar-refractivity contribution in [3.63, 3.8) is 0 Å². The summed E-state index contributed by atoms with van der Waals surface area (Å²) >= 11 is 0. The van der Waals surface area contributed by atoms with Gasteiger partial charge in [-0.3, -0.25) is 9.78 Å². The van der Waals surface area contributed by atoms with E-state index in [1.54, 1.807) is 30.3 Å². The Hall–Kier alpha value is -2.45. The molecule has 0 aliphatic carbocycles. The molecule has 1 aromatic heterocycles. The Kier molecular flexibility index (Phi) is 8.59. The number of alkyl halides is 1. The fourth-order valence-corrected chi connectivity index (χ4v) is 4.24. The maximum Gasteiger partial charge on any atom is 0.332 e. The Morgan fingerprint density at radius 3 is 2.46 bits per heavy atom. The molecule has 6 N–H and O–H groups in total. The molecule has 0 saturated carbocycles. The van der Waals surface area contributed by atoms with E-state index in [4.69, 9.17) is 4.74 Å². The van der Waals surface area contributed by atoms with E-state index in [-0.39, 0.29) is 17.0 Å². The number of hydrogen-bond acceptors (Lipinski definition) is 9. The Bertz CT molecular complexity index is 1100. The topological polar surface area (TPSA) is 168 Å². The molecule has 1 aliphatic heterocycles. The number of nitrogens with zero attached hydrogens (tertiary/aromatic N) is 2. The highest BCUT2D eigenvalue weighted by atomic mass is 19.1. The van der Waals surface area contributed by atoms with Crippen LogP contribution in [0.25, 0.3) is 11.1 Å². The third kappa shape index (κ3) is 4.96. The number of aromatic nitrogens is 2. The van der Waals surface area contributed by atoms with Crippen molar-refractivity contribution in [1.29, 1.82) is 0 Å². The Labute approximate surface area is 200 Å². The number of nitrogens with one attached hydrogen (secondary N) is 1. The minimum absolute atomic E-state index is 0.122. The van der Waals surface area contributed by atoms with E-state index in [1.807, 2.05) is 11.9 Å². The fourth-order valence-electron chi connectivity index (χ4n) is 4.24. The summed E-state index contributed by atoms with van der Waals surface area (Å²) in [5.41, 5.74) is -5.21. The smallest absolute Gasteiger partial charge is 0.332 e. The van der Waals surface area contributed by atoms with Gasteiger partial charge < -0.3 is 30.4 Å². The number of unbranched alkanes of at least 4 members (excludes halogenated alkanes) is 4. The molecule has 1 aromatic carbocycles. The number of aromatic amines is 1. The van der Waals surface area contributed by atoms with Crippen LogP contribution in [0.1, 0.15) is 45.4 Å². The van der Waals surface area contributed by atoms with Gasteiger partial charge in [0.2, 0.25) is 5.72 Å². The summed E-state index contributed by atoms with van der Waals surface area (Å²) in [6.45, 7) is 1.07. The van der Waals surface area contributed by atoms with Crippen LogP contribution >= 0.6 is 0 Å². The molecule has 0 spiro atoms. The van der Waals surface area contributed by atoms with Crippen LogP contribution in [0.3, 0.4) is 0 Å². The van der Waals surface area contributed by atoms with E-state index in [0.717, 1.165) is 25.5 Å². The Morgan fingerprint density at radius 2 is 1.83 bits per heavy atom. The third-order valence-corrected chi connectivity index (χ3v) is 6.25. The Balaban J connectivity index is 2.04. The molecule has 194 valence electrons. The molecule has 12 heteroatoms. The van der Waals surface area contributed by atoms with Gasteiger partial charge in [-0.05, 0) is 18.4 Å². The highest BCUT2D eigenvalue weighted by Crippen LogP contribution is 2.44. The van der Waals surface area contributed by atoms with Gasteiger partial charge in [0.05, 0.1) is 12.2 Å². The van der Waals surface area contributed by atoms with E-state index in [1.165, 1.54) is 0 Å². The quantitative estimate of drug-likeness (QED) is 0.113. The average Bonchev–Trinajstić information content (AvgIpc) is 3.05. The number of halogens is 1. The average molecular weight is 498 g/mol. The van der Waals surface area contributed by atoms with Crippen LogP contribution in [0.4, 0.5) is 4.39 Å². The molecule has 2 aromatic rings. The summed E-state index contributed by atoms with van der Waals surface area (Å²) in [6, 6.07) is 8.03. The number of rotatable bonds is 11. The van der Waals surface area contributed by atoms with Gasteiger partial charge in [0.15, 0.2) is 6.30 Å². The second kappa shape index (κ2) is 11.1. The Morgan fingerprint density at radius 1 is 1.17 bits per heavy atom. The van der Waals surface area contributed by atoms with Crippen LogP contribution in [-0.4, -0.2) is 71.1 Å². The van der Waals surface area contributed by atoms with Crippen LogP contribution in [0, 0.1) is 0 Å². The van der Waals surface area contributed by atoms with Crippen molar-refractivity contribution in [3.8, 4) is 11.1 Å². The number of aliphatic hydroxyl groups excluding tert-OH is 2. The first kappa shape index (κ1) is 27.1. The maximum absolute atomic E-state index is 15.0. The van der Waals surface area contributed by atoms with Crippen molar-refractivity contribution in [1.82, 2.24) is 14.6 Å². The largest absolute Gasteiger partial charge is 0.394 e. The highest BCUT2D eigenvalue weighted by molar-refractivity contribution is 5.61. The second-order valence-corrected chi connectivity index (χ2v) is 8.64. The lowest BCUT2D eigenvalue weighted by Crippen LogP contribution is -2.69. The normalized spacial score (nSPS) is 27.4. The van der Waals surface area contributed by atoms with Gasteiger partial charge in [-0.1, -0.05) is 62.9 Å². The number of ether oxygens (including phenoxy) is 1. The van der Waals surface area contributed by atoms with Crippen LogP contribution in [0.15, 0.2) is 46.1 Å². The molecule has 1 saturated heterocycles. The summed E-state index contributed by atoms with van der Waals surface area (Å²) in [4.78, 5) is 27.1. The molecular weight excluding hydrogens is 465 g/mol. The lowest BCUT2D eigenvalue weighted by molar-refractivity contribution is -0.428. The number of hydrogen-bond donors (Lipinski definition) is 6. The van der Waals surface area contributed by atoms with E-state index in [9.17, 15) is 35.2 Å². The van der Waals surface area contributed by atoms with Crippen LogP contribution in [-0.2, 0) is 10.6 Å². The van der Waals surface area contributed by atoms with Gasteiger partial charge >= 0.3 is 11.6 Å². The SMILES string of the molecule is CCCCCCCC(F)N(O)[C@@]1(O)[C@H](O)[C@@H](CO)O[C@@]1(O)n1cc(-c2ccccc2)c(=O)[nH]c1=O. The predicted molar refractivity (Wildman–Crippen MR) is 122 cm³/mol. The van der Waals surface area contributed by atoms with Crippen molar-refractivity contribution in [2.24, 2.45) is 0 Å². The van der Waals surface area contributed by atoms with E-state index < -0.39 is 48.0 Å². The molecule has 3 rings (SSSR count). The third-order valence-electron chi connectivity index (χ3n) is 6.25. The summed E-state index contributed by atoms with van der Waals surface area (Å²) in [6.07, 6.45) is -1.87. The van der Waals surface area contributed by atoms with E-state index in [2.05, 4.69) is 0 Å². The first-order chi connectivity index (χ1) is 16.6. The fraction of sp³-hybridized carbons (Fsp3) is 0.565. The number of hydroxylamine groups is 2. The van der Waals surface area contributed by atoms with Gasteiger partial charge in [0, 0.05) is 6.20 Å². The minimum atomic E-state index is -3.33. The molecule has 1 unspecified atom stereocenters. The summed E-state index contributed by atoms with van der Waals surface area (Å²) in [5.74, 6) is -3.30. The van der Waals surface area contributed by atoms with E-state index >= 15 is 4.39 Å². The standard InChI is InChI=1S/C23H32FN3O8/c1-2-3-4-5-9-12-18(24)27(34)22(32)19(29)17(14-28)35-23(22,33)26-13-16(20(30)25-21(26)31)15-10-7-6-8-11-15/h6-8,10-11,13,17-19,28-29,32-34H,2-5,9,12,14H2,1H3,(H,25,30,31)/t17-,18?,19-,22-,23-/m1/s1. The van der Waals surface area contributed by atoms with Crippen LogP contribution in [0.5, 0.6) is 0 Å². The number of aliphatic hydroxyl groups is 4. The molecule has 11 nitrogen and oxygen atoms in total. The molecule has 1 aliphatic rings. The van der Waals surface area contributed by atoms with E-state index in [0.29, 0.717) is 23.0 Å². The first-order valence-electron chi connectivity index (χ1n) is 11.6. The van der Waals surface area contributed by atoms with Crippen molar-refractivity contribution in [2.45, 2.75) is 75.6 Å². The van der Waals surface area contributed by atoms with Crippen LogP contribution in [0.2, 0.25) is 0 Å². The zero-order chi connectivity index (χ0) is 25.8. The lowest BCUT2D eigenvalue weighted by Gasteiger charge is -2.43. The molecule has 1 fully saturated rings. The van der Waals surface area contributed by atoms with Crippen molar-refractivity contribution >= 4 is 0 Å². The van der Waals surface area contributed by atoms with Crippen LogP contribution < -0.4 is 11.2 Å². The zero-order valence-electron chi connectivity index (χ0n) is 19.4. The number of benzene rings is 1. The molecule has 5 atom stereocenters. The lowest BCUT2D eigenvalue weighted by atomic mass is 9.99. The summed E-state index contributed by atoms with van der Waals surface area (Å²) < 4.78 is 20.6. The second-order valence-electron chi connectivity index (χ2n) is 8.64. The summed E-state index contributed by atoms with van der Waals surface area (Å²) in [7, 11) is 0. The molecule has 0 amide bonds. The van der Waals surface area contributed by atoms with Gasteiger partial charge in [-0.2, -0.15) is 0 Å². The molecule has 35 heavy (non-hydrogen) atoms. The van der Waals surface area contributed by atoms with Crippen molar-refractivity contribution in [3.05, 3.63) is 57.4 Å². The number of H-pyrrole nitrogens is 1. The molecule has 0 bridgehead atoms. The molecule has 2 heterocycles. The first-order valence-corrected chi connectivity index (χ1v) is 11.6. The van der Waals surface area contributed by atoms with Gasteiger partial charge in [-0.15, -0.1) is 5.06 Å². The summed E-state index contributed by atoms with van der Waals surface area (Å²) in [5, 5.41) is 53.3. The minimum Gasteiger partial charge on any atom is -0.394 e. The van der Waals surface area contributed by atoms with Gasteiger partial charge in [0.25, 0.3) is 5.56 Å². The zero-order valence-corrected chi connectivity index (χ0v) is 19.4. The van der Waals surface area contributed by atoms with Crippen molar-refractivity contribution in [2.75, 3.05) is 6.61 Å². The predicted octanol–water partition coefficient (Wildman–Crippen LogP) is 0.594. The van der Waals surface area contributed by atoms with Crippen molar-refractivity contribution < 1.29 is 34.8 Å². The van der Waals surface area contributed by atoms with Gasteiger partial charge in [-0.25, -0.2) is 13.8 Å². The molecule has 0 radical (unpaired) electrons. The monoisotopic (exact) mass is 497 g/mol. The molecular formula is C23H32FN3O8. The maximum atomic E-state index is 15.0. The van der Waals surface area contributed by atoms with Gasteiger partial charge in [0.1, 0.15) is 12.2 Å².